The van der Waals surface area contributed by atoms with Gasteiger partial charge < -0.3 is 5.32 Å². The number of benzene rings is 1. The van der Waals surface area contributed by atoms with E-state index < -0.39 is 0 Å². The van der Waals surface area contributed by atoms with Gasteiger partial charge in [0.25, 0.3) is 5.91 Å². The Balaban J connectivity index is 2.19. The Labute approximate surface area is 111 Å². The maximum absolute atomic E-state index is 12.0. The van der Waals surface area contributed by atoms with Gasteiger partial charge in [0.1, 0.15) is 5.69 Å². The minimum absolute atomic E-state index is 0.0372. The Kier molecular flexibility index (Phi) is 3.71. The van der Waals surface area contributed by atoms with Crippen molar-refractivity contribution in [1.82, 2.24) is 4.98 Å². The first-order valence-electron chi connectivity index (χ1n) is 5.91. The summed E-state index contributed by atoms with van der Waals surface area (Å²) < 4.78 is 0. The maximum atomic E-state index is 12.0. The summed E-state index contributed by atoms with van der Waals surface area (Å²) in [5.41, 5.74) is 2.47. The fraction of sp³-hybridized carbons (Fsp3) is 0.133. The molecule has 96 valence electrons. The summed E-state index contributed by atoms with van der Waals surface area (Å²) in [6.45, 7) is 3.39. The van der Waals surface area contributed by atoms with Gasteiger partial charge in [0, 0.05) is 17.4 Å². The van der Waals surface area contributed by atoms with Gasteiger partial charge in [0.2, 0.25) is 0 Å². The van der Waals surface area contributed by atoms with E-state index in [2.05, 4.69) is 10.3 Å². The highest BCUT2D eigenvalue weighted by Crippen LogP contribution is 2.12. The second-order valence-electron chi connectivity index (χ2n) is 4.31. The highest BCUT2D eigenvalue weighted by molar-refractivity contribution is 6.04. The zero-order valence-corrected chi connectivity index (χ0v) is 10.8. The van der Waals surface area contributed by atoms with E-state index >= 15 is 0 Å². The summed E-state index contributed by atoms with van der Waals surface area (Å²) >= 11 is 0. The average molecular weight is 254 g/mol. The Morgan fingerprint density at radius 3 is 2.63 bits per heavy atom. The van der Waals surface area contributed by atoms with E-state index in [4.69, 9.17) is 0 Å². The Morgan fingerprint density at radius 2 is 1.95 bits per heavy atom. The molecule has 4 heteroatoms. The molecular formula is C15H14N2O2. The number of Topliss-reactive ketones (excluding diaryl/α,β-unsaturated/α-hetero) is 1. The van der Waals surface area contributed by atoms with Crippen molar-refractivity contribution in [3.8, 4) is 0 Å². The van der Waals surface area contributed by atoms with Crippen LogP contribution in [-0.2, 0) is 0 Å². The lowest BCUT2D eigenvalue weighted by molar-refractivity contribution is 0.100. The van der Waals surface area contributed by atoms with E-state index in [1.54, 1.807) is 36.5 Å². The van der Waals surface area contributed by atoms with Crippen LogP contribution >= 0.6 is 0 Å². The van der Waals surface area contributed by atoms with Gasteiger partial charge in [-0.2, -0.15) is 0 Å². The molecule has 0 radical (unpaired) electrons. The molecule has 0 aliphatic heterocycles. The zero-order valence-electron chi connectivity index (χ0n) is 10.8. The van der Waals surface area contributed by atoms with Crippen molar-refractivity contribution in [3.63, 3.8) is 0 Å². The topological polar surface area (TPSA) is 59.1 Å². The molecule has 0 spiro atoms. The monoisotopic (exact) mass is 254 g/mol. The van der Waals surface area contributed by atoms with E-state index in [0.717, 1.165) is 5.56 Å². The molecule has 1 N–H and O–H groups in total. The minimum atomic E-state index is -0.288. The fourth-order valence-electron chi connectivity index (χ4n) is 1.67. The first-order chi connectivity index (χ1) is 9.06. The molecule has 2 aromatic rings. The Hall–Kier alpha value is -2.49. The van der Waals surface area contributed by atoms with Gasteiger partial charge in [-0.1, -0.05) is 12.1 Å². The summed E-state index contributed by atoms with van der Waals surface area (Å²) in [6.07, 6.45) is 1.59. The van der Waals surface area contributed by atoms with Crippen LogP contribution in [-0.4, -0.2) is 16.7 Å². The molecule has 1 heterocycles. The second kappa shape index (κ2) is 5.44. The van der Waals surface area contributed by atoms with Crippen molar-refractivity contribution < 1.29 is 9.59 Å². The highest BCUT2D eigenvalue weighted by Gasteiger charge is 2.08. The number of amides is 1. The van der Waals surface area contributed by atoms with Crippen molar-refractivity contribution in [2.24, 2.45) is 0 Å². The summed E-state index contributed by atoms with van der Waals surface area (Å²) in [4.78, 5) is 27.3. The molecule has 2 rings (SSSR count). The Morgan fingerprint density at radius 1 is 1.16 bits per heavy atom. The van der Waals surface area contributed by atoms with Crippen molar-refractivity contribution in [2.45, 2.75) is 13.8 Å². The van der Waals surface area contributed by atoms with E-state index in [-0.39, 0.29) is 11.7 Å². The molecule has 0 fully saturated rings. The maximum Gasteiger partial charge on any atom is 0.274 e. The smallest absolute Gasteiger partial charge is 0.274 e. The molecule has 4 nitrogen and oxygen atoms in total. The average Bonchev–Trinajstić information content (AvgIpc) is 2.39. The van der Waals surface area contributed by atoms with Crippen molar-refractivity contribution >= 4 is 17.4 Å². The van der Waals surface area contributed by atoms with Crippen molar-refractivity contribution in [3.05, 3.63) is 59.4 Å². The molecule has 0 saturated heterocycles. The molecule has 0 saturated carbocycles. The van der Waals surface area contributed by atoms with Crippen LogP contribution in [0.3, 0.4) is 0 Å². The molecule has 0 atom stereocenters. The lowest BCUT2D eigenvalue weighted by atomic mass is 10.1. The van der Waals surface area contributed by atoms with Crippen LogP contribution in [0.4, 0.5) is 5.69 Å². The van der Waals surface area contributed by atoms with Crippen LogP contribution in [0.1, 0.15) is 33.3 Å². The molecule has 0 aliphatic carbocycles. The molecular weight excluding hydrogens is 240 g/mol. The lowest BCUT2D eigenvalue weighted by Crippen LogP contribution is -2.14. The van der Waals surface area contributed by atoms with Crippen molar-refractivity contribution in [2.75, 3.05) is 5.32 Å². The van der Waals surface area contributed by atoms with Crippen LogP contribution in [0.5, 0.6) is 0 Å². The number of carbonyl (C=O) groups is 2. The van der Waals surface area contributed by atoms with Crippen LogP contribution < -0.4 is 5.32 Å². The molecule has 1 aromatic carbocycles. The quantitative estimate of drug-likeness (QED) is 0.857. The molecule has 0 unspecified atom stereocenters. The van der Waals surface area contributed by atoms with Gasteiger partial charge >= 0.3 is 0 Å². The number of nitrogens with zero attached hydrogens (tertiary/aromatic N) is 1. The minimum Gasteiger partial charge on any atom is -0.321 e. The number of carbonyl (C=O) groups excluding carboxylic acids is 2. The SMILES string of the molecule is CC(=O)c1cccc(NC(=O)c2cc(C)ccn2)c1. The number of aromatic nitrogens is 1. The second-order valence-corrected chi connectivity index (χ2v) is 4.31. The number of rotatable bonds is 3. The number of aryl methyl sites for hydroxylation is 1. The Bertz CT molecular complexity index is 636. The standard InChI is InChI=1S/C15H14N2O2/c1-10-6-7-16-14(8-10)15(19)17-13-5-3-4-12(9-13)11(2)18/h3-9H,1-2H3,(H,17,19). The van der Waals surface area contributed by atoms with Gasteiger partial charge in [-0.25, -0.2) is 0 Å². The predicted molar refractivity (Wildman–Crippen MR) is 73.4 cm³/mol. The summed E-state index contributed by atoms with van der Waals surface area (Å²) in [6, 6.07) is 10.4. The van der Waals surface area contributed by atoms with E-state index in [0.29, 0.717) is 16.9 Å². The number of nitrogens with one attached hydrogen (secondary N) is 1. The summed E-state index contributed by atoms with van der Waals surface area (Å²) in [7, 11) is 0. The van der Waals surface area contributed by atoms with Crippen molar-refractivity contribution in [1.29, 1.82) is 0 Å². The largest absolute Gasteiger partial charge is 0.321 e. The third-order valence-corrected chi connectivity index (χ3v) is 2.68. The predicted octanol–water partition coefficient (Wildman–Crippen LogP) is 2.84. The first kappa shape index (κ1) is 13.0. The fourth-order valence-corrected chi connectivity index (χ4v) is 1.67. The number of pyridine rings is 1. The normalized spacial score (nSPS) is 10.0. The molecule has 1 aromatic heterocycles. The number of anilines is 1. The van der Waals surface area contributed by atoms with E-state index in [1.807, 2.05) is 13.0 Å². The summed E-state index contributed by atoms with van der Waals surface area (Å²) in [5, 5.41) is 2.73. The number of hydrogen-bond donors (Lipinski definition) is 1. The first-order valence-corrected chi connectivity index (χ1v) is 5.91. The highest BCUT2D eigenvalue weighted by atomic mass is 16.2. The van der Waals surface area contributed by atoms with Gasteiger partial charge in [-0.3, -0.25) is 14.6 Å². The zero-order chi connectivity index (χ0) is 13.8. The van der Waals surface area contributed by atoms with Crippen LogP contribution in [0.2, 0.25) is 0 Å². The summed E-state index contributed by atoms with van der Waals surface area (Å²) in [5.74, 6) is -0.325. The molecule has 0 aliphatic rings. The van der Waals surface area contributed by atoms with E-state index in [1.165, 1.54) is 6.92 Å². The third kappa shape index (κ3) is 3.25. The van der Waals surface area contributed by atoms with Crippen LogP contribution in [0, 0.1) is 6.92 Å². The van der Waals surface area contributed by atoms with Gasteiger partial charge in [0.15, 0.2) is 5.78 Å². The number of hydrogen-bond acceptors (Lipinski definition) is 3. The van der Waals surface area contributed by atoms with E-state index in [9.17, 15) is 9.59 Å². The lowest BCUT2D eigenvalue weighted by Gasteiger charge is -2.06. The number of ketones is 1. The third-order valence-electron chi connectivity index (χ3n) is 2.68. The molecule has 19 heavy (non-hydrogen) atoms. The van der Waals surface area contributed by atoms with Gasteiger partial charge in [0.05, 0.1) is 0 Å². The molecule has 0 bridgehead atoms. The van der Waals surface area contributed by atoms with Crippen LogP contribution in [0.25, 0.3) is 0 Å². The van der Waals surface area contributed by atoms with Gasteiger partial charge in [-0.05, 0) is 43.7 Å². The molecule has 1 amide bonds. The van der Waals surface area contributed by atoms with Crippen LogP contribution in [0.15, 0.2) is 42.6 Å². The van der Waals surface area contributed by atoms with Gasteiger partial charge in [-0.15, -0.1) is 0 Å².